The smallest absolute Gasteiger partial charge is 0.242 e. The summed E-state index contributed by atoms with van der Waals surface area (Å²) in [6.07, 6.45) is 2.24. The minimum atomic E-state index is -0.563. The Hall–Kier alpha value is -1.40. The van der Waals surface area contributed by atoms with Crippen LogP contribution in [0.15, 0.2) is 12.3 Å². The molecule has 0 aliphatic heterocycles. The summed E-state index contributed by atoms with van der Waals surface area (Å²) < 4.78 is 6.44. The fourth-order valence-electron chi connectivity index (χ4n) is 1.08. The molecule has 0 aromatic carbocycles. The topological polar surface area (TPSA) is 82.2 Å². The van der Waals surface area contributed by atoms with E-state index in [1.165, 1.54) is 0 Å². The van der Waals surface area contributed by atoms with Gasteiger partial charge in [0.15, 0.2) is 5.82 Å². The number of amides is 1. The first kappa shape index (κ1) is 11.7. The van der Waals surface area contributed by atoms with E-state index in [0.29, 0.717) is 18.8 Å². The van der Waals surface area contributed by atoms with Gasteiger partial charge in [0, 0.05) is 33.0 Å². The molecule has 84 valence electrons. The highest BCUT2D eigenvalue weighted by Gasteiger charge is 2.13. The van der Waals surface area contributed by atoms with Crippen LogP contribution in [0.4, 0.5) is 5.82 Å². The molecule has 0 saturated heterocycles. The molecule has 15 heavy (non-hydrogen) atoms. The van der Waals surface area contributed by atoms with E-state index in [2.05, 4.69) is 10.4 Å². The third-order valence-corrected chi connectivity index (χ3v) is 1.93. The maximum atomic E-state index is 11.5. The second kappa shape index (κ2) is 5.47. The Kier molecular flexibility index (Phi) is 4.26. The van der Waals surface area contributed by atoms with Crippen LogP contribution in [0.2, 0.25) is 0 Å². The molecule has 1 aromatic heterocycles. The molecule has 0 radical (unpaired) electrons. The van der Waals surface area contributed by atoms with Crippen LogP contribution in [0.25, 0.3) is 0 Å². The van der Waals surface area contributed by atoms with Crippen LogP contribution in [0, 0.1) is 0 Å². The minimum absolute atomic E-state index is 0.245. The van der Waals surface area contributed by atoms with Gasteiger partial charge in [-0.3, -0.25) is 9.48 Å². The standard InChI is InChI=1S/C9H16N4O2/c1-13-5-3-8(12-13)11-9(14)7(10)4-6-15-2/h3,5,7H,4,6,10H2,1-2H3,(H,11,12,14). The lowest BCUT2D eigenvalue weighted by Crippen LogP contribution is -2.36. The van der Waals surface area contributed by atoms with Crippen molar-refractivity contribution < 1.29 is 9.53 Å². The number of hydrogen-bond acceptors (Lipinski definition) is 4. The number of rotatable bonds is 5. The molecule has 0 spiro atoms. The first-order valence-electron chi connectivity index (χ1n) is 4.68. The van der Waals surface area contributed by atoms with E-state index in [4.69, 9.17) is 10.5 Å². The van der Waals surface area contributed by atoms with Crippen LogP contribution in [-0.2, 0) is 16.6 Å². The van der Waals surface area contributed by atoms with E-state index in [1.807, 2.05) is 0 Å². The Bertz CT molecular complexity index is 324. The van der Waals surface area contributed by atoms with Gasteiger partial charge < -0.3 is 15.8 Å². The van der Waals surface area contributed by atoms with Gasteiger partial charge in [-0.1, -0.05) is 0 Å². The number of carbonyl (C=O) groups is 1. The van der Waals surface area contributed by atoms with Crippen molar-refractivity contribution in [3.63, 3.8) is 0 Å². The molecule has 1 atom stereocenters. The monoisotopic (exact) mass is 212 g/mol. The van der Waals surface area contributed by atoms with Gasteiger partial charge in [-0.2, -0.15) is 5.10 Å². The molecule has 1 aromatic rings. The van der Waals surface area contributed by atoms with E-state index < -0.39 is 6.04 Å². The molecule has 0 fully saturated rings. The summed E-state index contributed by atoms with van der Waals surface area (Å²) in [7, 11) is 3.35. The molecule has 0 aliphatic carbocycles. The van der Waals surface area contributed by atoms with E-state index in [-0.39, 0.29) is 5.91 Å². The highest BCUT2D eigenvalue weighted by atomic mass is 16.5. The fraction of sp³-hybridized carbons (Fsp3) is 0.556. The number of carbonyl (C=O) groups excluding carboxylic acids is 1. The zero-order chi connectivity index (χ0) is 11.3. The Balaban J connectivity index is 2.41. The van der Waals surface area contributed by atoms with E-state index in [0.717, 1.165) is 0 Å². The molecule has 3 N–H and O–H groups in total. The summed E-state index contributed by atoms with van der Waals surface area (Å²) in [6.45, 7) is 0.469. The van der Waals surface area contributed by atoms with Crippen molar-refractivity contribution in [3.05, 3.63) is 12.3 Å². The normalized spacial score (nSPS) is 12.5. The van der Waals surface area contributed by atoms with Gasteiger partial charge in [-0.05, 0) is 6.42 Å². The predicted octanol–water partition coefficient (Wildman–Crippen LogP) is -0.278. The molecule has 0 bridgehead atoms. The average molecular weight is 212 g/mol. The zero-order valence-electron chi connectivity index (χ0n) is 8.93. The minimum Gasteiger partial charge on any atom is -0.385 e. The number of aromatic nitrogens is 2. The van der Waals surface area contributed by atoms with Crippen molar-refractivity contribution in [2.75, 3.05) is 19.0 Å². The SMILES string of the molecule is COCCC(N)C(=O)Nc1ccn(C)n1. The van der Waals surface area contributed by atoms with Crippen LogP contribution in [-0.4, -0.2) is 35.4 Å². The van der Waals surface area contributed by atoms with Crippen LogP contribution < -0.4 is 11.1 Å². The summed E-state index contributed by atoms with van der Waals surface area (Å²) >= 11 is 0. The molecule has 0 saturated carbocycles. The number of hydrogen-bond donors (Lipinski definition) is 2. The van der Waals surface area contributed by atoms with Crippen LogP contribution in [0.1, 0.15) is 6.42 Å². The number of aryl methyl sites for hydroxylation is 1. The van der Waals surface area contributed by atoms with Crippen molar-refractivity contribution in [2.45, 2.75) is 12.5 Å². The van der Waals surface area contributed by atoms with Crippen LogP contribution >= 0.6 is 0 Å². The highest BCUT2D eigenvalue weighted by Crippen LogP contribution is 2.02. The third-order valence-electron chi connectivity index (χ3n) is 1.93. The van der Waals surface area contributed by atoms with Crippen LogP contribution in [0.3, 0.4) is 0 Å². The maximum Gasteiger partial charge on any atom is 0.242 e. The van der Waals surface area contributed by atoms with Gasteiger partial charge in [-0.15, -0.1) is 0 Å². The molecule has 0 aliphatic rings. The third kappa shape index (κ3) is 3.69. The number of nitrogens with one attached hydrogen (secondary N) is 1. The second-order valence-corrected chi connectivity index (χ2v) is 3.25. The lowest BCUT2D eigenvalue weighted by Gasteiger charge is -2.09. The summed E-state index contributed by atoms with van der Waals surface area (Å²) in [5.41, 5.74) is 5.63. The Morgan fingerprint density at radius 2 is 2.53 bits per heavy atom. The summed E-state index contributed by atoms with van der Waals surface area (Å²) in [4.78, 5) is 11.5. The first-order chi connectivity index (χ1) is 7.13. The molecule has 1 amide bonds. The number of ether oxygens (including phenoxy) is 1. The largest absolute Gasteiger partial charge is 0.385 e. The maximum absolute atomic E-state index is 11.5. The zero-order valence-corrected chi connectivity index (χ0v) is 8.93. The Morgan fingerprint density at radius 1 is 1.80 bits per heavy atom. The lowest BCUT2D eigenvalue weighted by molar-refractivity contribution is -0.117. The van der Waals surface area contributed by atoms with Crippen molar-refractivity contribution in [2.24, 2.45) is 12.8 Å². The molecule has 6 nitrogen and oxygen atoms in total. The summed E-state index contributed by atoms with van der Waals surface area (Å²) in [5, 5.41) is 6.63. The Morgan fingerprint density at radius 3 is 3.07 bits per heavy atom. The van der Waals surface area contributed by atoms with Crippen molar-refractivity contribution in [1.29, 1.82) is 0 Å². The molecular weight excluding hydrogens is 196 g/mol. The summed E-state index contributed by atoms with van der Waals surface area (Å²) in [5.74, 6) is 0.265. The number of nitrogens with zero attached hydrogens (tertiary/aromatic N) is 2. The predicted molar refractivity (Wildman–Crippen MR) is 56.3 cm³/mol. The van der Waals surface area contributed by atoms with Crippen molar-refractivity contribution >= 4 is 11.7 Å². The first-order valence-corrected chi connectivity index (χ1v) is 4.68. The number of nitrogens with two attached hydrogens (primary N) is 1. The van der Waals surface area contributed by atoms with E-state index >= 15 is 0 Å². The van der Waals surface area contributed by atoms with Crippen LogP contribution in [0.5, 0.6) is 0 Å². The van der Waals surface area contributed by atoms with E-state index in [1.54, 1.807) is 31.1 Å². The molecular formula is C9H16N4O2. The fourth-order valence-corrected chi connectivity index (χ4v) is 1.08. The molecule has 1 unspecified atom stereocenters. The second-order valence-electron chi connectivity index (χ2n) is 3.25. The van der Waals surface area contributed by atoms with E-state index in [9.17, 15) is 4.79 Å². The van der Waals surface area contributed by atoms with Gasteiger partial charge in [0.1, 0.15) is 0 Å². The number of anilines is 1. The van der Waals surface area contributed by atoms with Gasteiger partial charge in [0.2, 0.25) is 5.91 Å². The van der Waals surface area contributed by atoms with Gasteiger partial charge in [0.05, 0.1) is 6.04 Å². The average Bonchev–Trinajstić information content (AvgIpc) is 2.60. The molecule has 1 heterocycles. The van der Waals surface area contributed by atoms with Crippen molar-refractivity contribution in [3.8, 4) is 0 Å². The van der Waals surface area contributed by atoms with Gasteiger partial charge in [-0.25, -0.2) is 0 Å². The quantitative estimate of drug-likeness (QED) is 0.703. The van der Waals surface area contributed by atoms with Gasteiger partial charge >= 0.3 is 0 Å². The molecule has 6 heteroatoms. The van der Waals surface area contributed by atoms with Gasteiger partial charge in [0.25, 0.3) is 0 Å². The van der Waals surface area contributed by atoms with Crippen molar-refractivity contribution in [1.82, 2.24) is 9.78 Å². The summed E-state index contributed by atoms with van der Waals surface area (Å²) in [6, 6.07) is 1.15. The Labute approximate surface area is 88.4 Å². The lowest BCUT2D eigenvalue weighted by atomic mass is 10.2. The highest BCUT2D eigenvalue weighted by molar-refractivity contribution is 5.93. The number of methoxy groups -OCH3 is 1. The molecule has 1 rings (SSSR count).